The average Bonchev–Trinajstić information content (AvgIpc) is 2.57. The highest BCUT2D eigenvalue weighted by atomic mass is 16.5. The molecule has 0 unspecified atom stereocenters. The van der Waals surface area contributed by atoms with E-state index in [9.17, 15) is 0 Å². The summed E-state index contributed by atoms with van der Waals surface area (Å²) in [7, 11) is 0. The summed E-state index contributed by atoms with van der Waals surface area (Å²) in [4.78, 5) is 6.75. The highest BCUT2D eigenvalue weighted by Crippen LogP contribution is 2.20. The molecular weight excluding hydrogens is 276 g/mol. The van der Waals surface area contributed by atoms with Crippen molar-refractivity contribution in [3.05, 3.63) is 48.2 Å². The van der Waals surface area contributed by atoms with Crippen LogP contribution in [0.2, 0.25) is 0 Å². The van der Waals surface area contributed by atoms with Crippen LogP contribution in [0.5, 0.6) is 5.88 Å². The second-order valence-electron chi connectivity index (χ2n) is 5.55. The minimum Gasteiger partial charge on any atom is -0.476 e. The predicted octanol–water partition coefficient (Wildman–Crippen LogP) is 2.77. The van der Waals surface area contributed by atoms with E-state index >= 15 is 0 Å². The van der Waals surface area contributed by atoms with Gasteiger partial charge < -0.3 is 9.47 Å². The average molecular weight is 298 g/mol. The Morgan fingerprint density at radius 3 is 2.45 bits per heavy atom. The molecule has 0 aliphatic carbocycles. The summed E-state index contributed by atoms with van der Waals surface area (Å²) in [5.41, 5.74) is 3.55. The third kappa shape index (κ3) is 4.06. The minimum absolute atomic E-state index is 0.664. The first kappa shape index (κ1) is 15.0. The van der Waals surface area contributed by atoms with Crippen LogP contribution >= 0.6 is 0 Å². The van der Waals surface area contributed by atoms with Crippen molar-refractivity contribution in [1.29, 1.82) is 0 Å². The lowest BCUT2D eigenvalue weighted by molar-refractivity contribution is 0.0320. The van der Waals surface area contributed by atoms with Crippen LogP contribution in [-0.2, 0) is 4.74 Å². The molecule has 0 saturated carbocycles. The van der Waals surface area contributed by atoms with Crippen molar-refractivity contribution in [2.45, 2.75) is 6.92 Å². The van der Waals surface area contributed by atoms with E-state index in [2.05, 4.69) is 47.1 Å². The Kier molecular flexibility index (Phi) is 5.03. The summed E-state index contributed by atoms with van der Waals surface area (Å²) in [6, 6.07) is 12.5. The van der Waals surface area contributed by atoms with E-state index in [1.807, 2.05) is 12.3 Å². The van der Waals surface area contributed by atoms with E-state index in [0.29, 0.717) is 12.5 Å². The third-order valence-electron chi connectivity index (χ3n) is 3.88. The lowest BCUT2D eigenvalue weighted by Gasteiger charge is -2.26. The fraction of sp³-hybridized carbons (Fsp3) is 0.389. The van der Waals surface area contributed by atoms with Crippen LogP contribution in [0.4, 0.5) is 0 Å². The van der Waals surface area contributed by atoms with Crippen LogP contribution in [0.15, 0.2) is 42.6 Å². The molecule has 4 nitrogen and oxygen atoms in total. The van der Waals surface area contributed by atoms with Gasteiger partial charge in [0.15, 0.2) is 0 Å². The third-order valence-corrected chi connectivity index (χ3v) is 3.88. The van der Waals surface area contributed by atoms with E-state index in [4.69, 9.17) is 9.47 Å². The van der Waals surface area contributed by atoms with Gasteiger partial charge in [0.05, 0.1) is 13.2 Å². The molecule has 2 heterocycles. The normalized spacial score (nSPS) is 15.7. The van der Waals surface area contributed by atoms with Gasteiger partial charge in [-0.25, -0.2) is 4.98 Å². The molecule has 0 N–H and O–H groups in total. The maximum atomic E-state index is 5.73. The summed E-state index contributed by atoms with van der Waals surface area (Å²) < 4.78 is 11.1. The zero-order valence-electron chi connectivity index (χ0n) is 13.0. The molecule has 1 aromatic carbocycles. The number of benzene rings is 1. The molecule has 0 radical (unpaired) electrons. The summed E-state index contributed by atoms with van der Waals surface area (Å²) in [6.07, 6.45) is 1.87. The monoisotopic (exact) mass is 298 g/mol. The van der Waals surface area contributed by atoms with Crippen molar-refractivity contribution in [3.8, 4) is 17.0 Å². The summed E-state index contributed by atoms with van der Waals surface area (Å²) in [5.74, 6) is 0.684. The number of nitrogens with zero attached hydrogens (tertiary/aromatic N) is 2. The van der Waals surface area contributed by atoms with E-state index in [-0.39, 0.29) is 0 Å². The number of morpholine rings is 1. The zero-order chi connectivity index (χ0) is 15.2. The van der Waals surface area contributed by atoms with Gasteiger partial charge in [-0.1, -0.05) is 29.8 Å². The Bertz CT molecular complexity index is 575. The highest BCUT2D eigenvalue weighted by molar-refractivity contribution is 5.62. The Balaban J connectivity index is 1.51. The largest absolute Gasteiger partial charge is 0.476 e. The Labute approximate surface area is 131 Å². The fourth-order valence-corrected chi connectivity index (χ4v) is 2.49. The molecule has 1 saturated heterocycles. The van der Waals surface area contributed by atoms with Gasteiger partial charge in [0.1, 0.15) is 6.61 Å². The van der Waals surface area contributed by atoms with Crippen LogP contribution in [0.1, 0.15) is 5.56 Å². The molecule has 0 bridgehead atoms. The molecule has 0 spiro atoms. The number of hydrogen-bond donors (Lipinski definition) is 0. The van der Waals surface area contributed by atoms with Crippen LogP contribution in [0, 0.1) is 6.92 Å². The SMILES string of the molecule is Cc1ccc(-c2ccc(OCCN3CCOCC3)nc2)cc1. The van der Waals surface area contributed by atoms with Crippen molar-refractivity contribution in [1.82, 2.24) is 9.88 Å². The standard InChI is InChI=1S/C18H22N2O2/c1-15-2-4-16(5-3-15)17-6-7-18(19-14-17)22-13-10-20-8-11-21-12-9-20/h2-7,14H,8-13H2,1H3. The number of rotatable bonds is 5. The predicted molar refractivity (Wildman–Crippen MR) is 87.2 cm³/mol. The van der Waals surface area contributed by atoms with E-state index in [0.717, 1.165) is 38.4 Å². The zero-order valence-corrected chi connectivity index (χ0v) is 13.0. The first-order valence-electron chi connectivity index (χ1n) is 7.77. The first-order valence-corrected chi connectivity index (χ1v) is 7.77. The Morgan fingerprint density at radius 1 is 1.05 bits per heavy atom. The van der Waals surface area contributed by atoms with Gasteiger partial charge in [0, 0.05) is 37.5 Å². The van der Waals surface area contributed by atoms with Crippen molar-refractivity contribution < 1.29 is 9.47 Å². The van der Waals surface area contributed by atoms with Crippen molar-refractivity contribution in [3.63, 3.8) is 0 Å². The summed E-state index contributed by atoms with van der Waals surface area (Å²) >= 11 is 0. The van der Waals surface area contributed by atoms with Crippen molar-refractivity contribution >= 4 is 0 Å². The van der Waals surface area contributed by atoms with Gasteiger partial charge in [-0.2, -0.15) is 0 Å². The molecular formula is C18H22N2O2. The van der Waals surface area contributed by atoms with Gasteiger partial charge in [0.25, 0.3) is 0 Å². The number of hydrogen-bond acceptors (Lipinski definition) is 4. The molecule has 22 heavy (non-hydrogen) atoms. The van der Waals surface area contributed by atoms with Crippen molar-refractivity contribution in [2.24, 2.45) is 0 Å². The summed E-state index contributed by atoms with van der Waals surface area (Å²) in [6.45, 7) is 7.30. The molecule has 2 aromatic rings. The maximum Gasteiger partial charge on any atom is 0.213 e. The number of aryl methyl sites for hydroxylation is 1. The first-order chi connectivity index (χ1) is 10.8. The topological polar surface area (TPSA) is 34.6 Å². The number of ether oxygens (including phenoxy) is 2. The lowest BCUT2D eigenvalue weighted by Crippen LogP contribution is -2.38. The molecule has 1 aromatic heterocycles. The van der Waals surface area contributed by atoms with E-state index in [1.54, 1.807) is 0 Å². The van der Waals surface area contributed by atoms with Crippen LogP contribution in [-0.4, -0.2) is 49.3 Å². The highest BCUT2D eigenvalue weighted by Gasteiger charge is 2.09. The minimum atomic E-state index is 0.664. The summed E-state index contributed by atoms with van der Waals surface area (Å²) in [5, 5.41) is 0. The Hall–Kier alpha value is -1.91. The van der Waals surface area contributed by atoms with Gasteiger partial charge in [-0.05, 0) is 18.6 Å². The lowest BCUT2D eigenvalue weighted by atomic mass is 10.1. The Morgan fingerprint density at radius 2 is 1.77 bits per heavy atom. The van der Waals surface area contributed by atoms with Gasteiger partial charge in [-0.15, -0.1) is 0 Å². The molecule has 3 rings (SSSR count). The quantitative estimate of drug-likeness (QED) is 0.850. The van der Waals surface area contributed by atoms with Crippen LogP contribution in [0.25, 0.3) is 11.1 Å². The molecule has 4 heteroatoms. The maximum absolute atomic E-state index is 5.73. The van der Waals surface area contributed by atoms with Crippen LogP contribution < -0.4 is 4.74 Å². The van der Waals surface area contributed by atoms with Gasteiger partial charge in [0.2, 0.25) is 5.88 Å². The van der Waals surface area contributed by atoms with Crippen LogP contribution in [0.3, 0.4) is 0 Å². The number of pyridine rings is 1. The molecule has 0 amide bonds. The molecule has 0 atom stereocenters. The van der Waals surface area contributed by atoms with E-state index < -0.39 is 0 Å². The van der Waals surface area contributed by atoms with Crippen molar-refractivity contribution in [2.75, 3.05) is 39.5 Å². The second kappa shape index (κ2) is 7.38. The molecule has 116 valence electrons. The smallest absolute Gasteiger partial charge is 0.213 e. The number of aromatic nitrogens is 1. The molecule has 1 fully saturated rings. The fourth-order valence-electron chi connectivity index (χ4n) is 2.49. The van der Waals surface area contributed by atoms with Gasteiger partial charge in [-0.3, -0.25) is 4.90 Å². The molecule has 1 aliphatic heterocycles. The van der Waals surface area contributed by atoms with E-state index in [1.165, 1.54) is 11.1 Å². The molecule has 1 aliphatic rings. The second-order valence-corrected chi connectivity index (χ2v) is 5.55. The van der Waals surface area contributed by atoms with Gasteiger partial charge >= 0.3 is 0 Å².